The lowest BCUT2D eigenvalue weighted by Gasteiger charge is -2.18. The van der Waals surface area contributed by atoms with Crippen LogP contribution in [0.15, 0.2) is 72.9 Å². The molecule has 278 valence electrons. The molecule has 0 aromatic rings. The number of carboxylic acid groups (broad SMARTS) is 1. The van der Waals surface area contributed by atoms with Crippen molar-refractivity contribution in [3.63, 3.8) is 0 Å². The van der Waals surface area contributed by atoms with Gasteiger partial charge in [0.2, 0.25) is 5.91 Å². The monoisotopic (exact) mass is 683 g/mol. The topological polar surface area (TPSA) is 119 Å². The fourth-order valence-corrected chi connectivity index (χ4v) is 5.16. The summed E-state index contributed by atoms with van der Waals surface area (Å²) in [6.45, 7) is 4.73. The van der Waals surface area contributed by atoms with Crippen molar-refractivity contribution in [2.45, 2.75) is 167 Å². The first-order valence-corrected chi connectivity index (χ1v) is 19.3. The van der Waals surface area contributed by atoms with Crippen LogP contribution in [0.5, 0.6) is 0 Å². The fraction of sp³-hybridized carbons (Fsp3) is 0.643. The van der Waals surface area contributed by atoms with Gasteiger partial charge in [0.1, 0.15) is 12.1 Å². The lowest BCUT2D eigenvalue weighted by Crippen LogP contribution is -2.40. The van der Waals surface area contributed by atoms with E-state index in [1.54, 1.807) is 0 Å². The van der Waals surface area contributed by atoms with Crippen LogP contribution in [0.4, 0.5) is 0 Å². The Kier molecular flexibility index (Phi) is 33.7. The molecule has 0 fully saturated rings. The standard InChI is InChI=1S/C42H70N2O5/c1-3-5-7-9-10-11-12-13-14-15-16-17-18-19-20-21-22-23-24-25-30-36-41(46)49-38(32-27-8-6-4-2)33-28-26-29-35-40(45)44-39(42(47)48)34-31-37-43/h5,7,10-11,13-14,16-17,19-20,22-23,38-39H,3-4,6,8-9,12,15,18,21,24-37,43H2,1-2H3,(H,44,45)(H,47,48)/b7-5-,11-10-,14-13-,17-16-,20-19-,23-22-. The molecule has 0 aromatic carbocycles. The number of hydrogen-bond acceptors (Lipinski definition) is 5. The first kappa shape index (κ1) is 45.8. The Morgan fingerprint density at radius 2 is 1.12 bits per heavy atom. The number of nitrogens with one attached hydrogen (secondary N) is 1. The lowest BCUT2D eigenvalue weighted by atomic mass is 10.0. The van der Waals surface area contributed by atoms with E-state index in [0.717, 1.165) is 103 Å². The molecule has 0 rings (SSSR count). The minimum atomic E-state index is -1.02. The third-order valence-electron chi connectivity index (χ3n) is 8.04. The molecular weight excluding hydrogens is 612 g/mol. The fourth-order valence-electron chi connectivity index (χ4n) is 5.16. The predicted octanol–water partition coefficient (Wildman–Crippen LogP) is 10.4. The molecule has 4 N–H and O–H groups in total. The summed E-state index contributed by atoms with van der Waals surface area (Å²) in [5.74, 6) is -1.38. The predicted molar refractivity (Wildman–Crippen MR) is 206 cm³/mol. The first-order chi connectivity index (χ1) is 23.9. The highest BCUT2D eigenvalue weighted by Gasteiger charge is 2.19. The summed E-state index contributed by atoms with van der Waals surface area (Å²) in [7, 11) is 0. The Labute approximate surface area is 299 Å². The number of esters is 1. The molecule has 2 atom stereocenters. The summed E-state index contributed by atoms with van der Waals surface area (Å²) < 4.78 is 5.88. The molecule has 0 aliphatic heterocycles. The maximum absolute atomic E-state index is 12.6. The highest BCUT2D eigenvalue weighted by atomic mass is 16.5. The zero-order valence-electron chi connectivity index (χ0n) is 31.0. The van der Waals surface area contributed by atoms with Gasteiger partial charge in [0, 0.05) is 12.8 Å². The molecule has 0 spiro atoms. The van der Waals surface area contributed by atoms with Gasteiger partial charge in [-0.1, -0.05) is 112 Å². The van der Waals surface area contributed by atoms with E-state index in [1.807, 2.05) is 0 Å². The van der Waals surface area contributed by atoms with E-state index in [2.05, 4.69) is 92.1 Å². The molecule has 7 heteroatoms. The molecule has 0 aliphatic carbocycles. The van der Waals surface area contributed by atoms with Crippen LogP contribution in [-0.2, 0) is 19.1 Å². The number of aliphatic carboxylic acids is 1. The lowest BCUT2D eigenvalue weighted by molar-refractivity contribution is -0.150. The molecule has 0 radical (unpaired) electrons. The third kappa shape index (κ3) is 33.1. The Bertz CT molecular complexity index is 995. The maximum Gasteiger partial charge on any atom is 0.326 e. The highest BCUT2D eigenvalue weighted by molar-refractivity contribution is 5.83. The van der Waals surface area contributed by atoms with Crippen molar-refractivity contribution in [3.8, 4) is 0 Å². The molecule has 0 saturated heterocycles. The Morgan fingerprint density at radius 3 is 1.63 bits per heavy atom. The number of ether oxygens (including phenoxy) is 1. The number of allylic oxidation sites excluding steroid dienone is 12. The molecule has 2 unspecified atom stereocenters. The van der Waals surface area contributed by atoms with Crippen molar-refractivity contribution < 1.29 is 24.2 Å². The second-order valence-electron chi connectivity index (χ2n) is 12.6. The SMILES string of the molecule is CC/C=C\C/C=C\C/C=C\C/C=C\C/C=C\C/C=C\CCCCC(=O)OC(CCCCCC)CCCCCC(=O)NC(CCCN)C(=O)O. The van der Waals surface area contributed by atoms with Gasteiger partial charge in [-0.15, -0.1) is 0 Å². The number of hydrogen-bond donors (Lipinski definition) is 3. The van der Waals surface area contributed by atoms with Gasteiger partial charge < -0.3 is 20.9 Å². The summed E-state index contributed by atoms with van der Waals surface area (Å²) in [6, 6.07) is -0.881. The van der Waals surface area contributed by atoms with Gasteiger partial charge in [0.15, 0.2) is 0 Å². The molecule has 0 heterocycles. The van der Waals surface area contributed by atoms with E-state index in [0.29, 0.717) is 38.6 Å². The van der Waals surface area contributed by atoms with Crippen molar-refractivity contribution in [2.75, 3.05) is 6.54 Å². The summed E-state index contributed by atoms with van der Waals surface area (Å²) in [5.41, 5.74) is 5.46. The van der Waals surface area contributed by atoms with Crippen LogP contribution in [-0.4, -0.2) is 41.6 Å². The van der Waals surface area contributed by atoms with Crippen LogP contribution in [0.1, 0.15) is 155 Å². The van der Waals surface area contributed by atoms with Gasteiger partial charge in [0.05, 0.1) is 0 Å². The number of unbranched alkanes of at least 4 members (excludes halogenated alkanes) is 7. The summed E-state index contributed by atoms with van der Waals surface area (Å²) in [4.78, 5) is 36.1. The molecule has 49 heavy (non-hydrogen) atoms. The molecule has 7 nitrogen and oxygen atoms in total. The van der Waals surface area contributed by atoms with Crippen molar-refractivity contribution in [1.29, 1.82) is 0 Å². The van der Waals surface area contributed by atoms with Crippen LogP contribution < -0.4 is 11.1 Å². The first-order valence-electron chi connectivity index (χ1n) is 19.3. The average molecular weight is 683 g/mol. The second-order valence-corrected chi connectivity index (χ2v) is 12.6. The van der Waals surface area contributed by atoms with E-state index in [1.165, 1.54) is 6.42 Å². The van der Waals surface area contributed by atoms with E-state index < -0.39 is 12.0 Å². The van der Waals surface area contributed by atoms with Gasteiger partial charge in [0.25, 0.3) is 0 Å². The van der Waals surface area contributed by atoms with Crippen molar-refractivity contribution in [1.82, 2.24) is 5.32 Å². The molecule has 0 bridgehead atoms. The van der Waals surface area contributed by atoms with Crippen LogP contribution in [0.25, 0.3) is 0 Å². The van der Waals surface area contributed by atoms with Crippen LogP contribution >= 0.6 is 0 Å². The Hall–Kier alpha value is -3.19. The zero-order valence-corrected chi connectivity index (χ0v) is 31.0. The van der Waals surface area contributed by atoms with Gasteiger partial charge in [-0.2, -0.15) is 0 Å². The van der Waals surface area contributed by atoms with Gasteiger partial charge >= 0.3 is 11.9 Å². The van der Waals surface area contributed by atoms with Gasteiger partial charge in [-0.05, 0) is 109 Å². The molecule has 0 saturated carbocycles. The van der Waals surface area contributed by atoms with E-state index in [9.17, 15) is 19.5 Å². The number of amides is 1. The largest absolute Gasteiger partial charge is 0.480 e. The van der Waals surface area contributed by atoms with Crippen molar-refractivity contribution in [3.05, 3.63) is 72.9 Å². The number of rotatable bonds is 33. The number of nitrogens with two attached hydrogens (primary N) is 1. The number of carbonyl (C=O) groups excluding carboxylic acids is 2. The van der Waals surface area contributed by atoms with Crippen LogP contribution in [0, 0.1) is 0 Å². The quantitative estimate of drug-likeness (QED) is 0.0360. The number of carbonyl (C=O) groups is 3. The van der Waals surface area contributed by atoms with E-state index in [-0.39, 0.29) is 18.0 Å². The average Bonchev–Trinajstić information content (AvgIpc) is 3.08. The summed E-state index contributed by atoms with van der Waals surface area (Å²) in [5, 5.41) is 11.9. The maximum atomic E-state index is 12.6. The smallest absolute Gasteiger partial charge is 0.326 e. The minimum Gasteiger partial charge on any atom is -0.480 e. The zero-order chi connectivity index (χ0) is 36.0. The highest BCUT2D eigenvalue weighted by Crippen LogP contribution is 2.17. The van der Waals surface area contributed by atoms with Crippen LogP contribution in [0.2, 0.25) is 0 Å². The molecular formula is C42H70N2O5. The normalized spacial score (nSPS) is 13.5. The Balaban J connectivity index is 4.14. The minimum absolute atomic E-state index is 0.0748. The van der Waals surface area contributed by atoms with E-state index >= 15 is 0 Å². The molecule has 1 amide bonds. The summed E-state index contributed by atoms with van der Waals surface area (Å²) in [6.07, 6.45) is 45.4. The van der Waals surface area contributed by atoms with Gasteiger partial charge in [-0.3, -0.25) is 9.59 Å². The second kappa shape index (κ2) is 36.1. The summed E-state index contributed by atoms with van der Waals surface area (Å²) >= 11 is 0. The van der Waals surface area contributed by atoms with Gasteiger partial charge in [-0.25, -0.2) is 4.79 Å². The molecule has 0 aromatic heterocycles. The Morgan fingerprint density at radius 1 is 0.612 bits per heavy atom. The van der Waals surface area contributed by atoms with Crippen LogP contribution in [0.3, 0.4) is 0 Å². The van der Waals surface area contributed by atoms with E-state index in [4.69, 9.17) is 10.5 Å². The third-order valence-corrected chi connectivity index (χ3v) is 8.04. The molecule has 0 aliphatic rings. The van der Waals surface area contributed by atoms with Crippen molar-refractivity contribution in [2.24, 2.45) is 5.73 Å². The number of carboxylic acids is 1. The van der Waals surface area contributed by atoms with Crippen molar-refractivity contribution >= 4 is 17.8 Å².